The Bertz CT molecular complexity index is 732. The maximum absolute atomic E-state index is 13.2. The van der Waals surface area contributed by atoms with Gasteiger partial charge in [-0.15, -0.1) is 0 Å². The quantitative estimate of drug-likeness (QED) is 0.869. The fourth-order valence-corrected chi connectivity index (χ4v) is 4.15. The fraction of sp³-hybridized carbons (Fsp3) is 0.526. The molecule has 1 aliphatic heterocycles. The van der Waals surface area contributed by atoms with Crippen molar-refractivity contribution in [2.24, 2.45) is 0 Å². The van der Waals surface area contributed by atoms with Gasteiger partial charge in [-0.25, -0.2) is 0 Å². The number of aromatic nitrogens is 1. The van der Waals surface area contributed by atoms with Crippen LogP contribution in [0, 0.1) is 13.8 Å². The lowest BCUT2D eigenvalue weighted by Gasteiger charge is -2.37. The number of amides is 1. The maximum Gasteiger partial charge on any atom is 0.256 e. The van der Waals surface area contributed by atoms with Gasteiger partial charge in [0.15, 0.2) is 0 Å². The highest BCUT2D eigenvalue weighted by Gasteiger charge is 2.39. The zero-order valence-corrected chi connectivity index (χ0v) is 14.3. The van der Waals surface area contributed by atoms with Crippen molar-refractivity contribution in [3.63, 3.8) is 0 Å². The maximum atomic E-state index is 13.2. The molecule has 24 heavy (non-hydrogen) atoms. The number of furan rings is 1. The molecule has 2 aliphatic rings. The molecule has 0 bridgehead atoms. The number of morpholine rings is 1. The van der Waals surface area contributed by atoms with Gasteiger partial charge in [0.1, 0.15) is 5.76 Å². The summed E-state index contributed by atoms with van der Waals surface area (Å²) in [7, 11) is 0. The molecule has 5 nitrogen and oxygen atoms in total. The highest BCUT2D eigenvalue weighted by molar-refractivity contribution is 5.96. The largest absolute Gasteiger partial charge is 0.467 e. The zero-order valence-electron chi connectivity index (χ0n) is 14.3. The summed E-state index contributed by atoms with van der Waals surface area (Å²) in [6.45, 7) is 6.08. The lowest BCUT2D eigenvalue weighted by Crippen LogP contribution is -2.51. The van der Waals surface area contributed by atoms with Gasteiger partial charge >= 0.3 is 0 Å². The van der Waals surface area contributed by atoms with E-state index in [4.69, 9.17) is 9.15 Å². The van der Waals surface area contributed by atoms with Crippen LogP contribution in [0.5, 0.6) is 0 Å². The molecule has 2 aromatic rings. The molecular weight excluding hydrogens is 304 g/mol. The van der Waals surface area contributed by atoms with Gasteiger partial charge < -0.3 is 18.6 Å². The minimum atomic E-state index is 0.147. The molecule has 3 heterocycles. The molecule has 1 saturated carbocycles. The minimum absolute atomic E-state index is 0.147. The van der Waals surface area contributed by atoms with Crippen LogP contribution >= 0.6 is 0 Å². The van der Waals surface area contributed by atoms with Crippen molar-refractivity contribution in [3.8, 4) is 0 Å². The van der Waals surface area contributed by atoms with Gasteiger partial charge in [0.25, 0.3) is 5.91 Å². The van der Waals surface area contributed by atoms with Gasteiger partial charge in [-0.1, -0.05) is 0 Å². The summed E-state index contributed by atoms with van der Waals surface area (Å²) in [6, 6.07) is 6.12. The monoisotopic (exact) mass is 328 g/mol. The molecule has 4 rings (SSSR count). The van der Waals surface area contributed by atoms with E-state index in [9.17, 15) is 4.79 Å². The van der Waals surface area contributed by atoms with Crippen molar-refractivity contribution in [2.75, 3.05) is 13.2 Å². The molecule has 1 amide bonds. The number of carbonyl (C=O) groups excluding carboxylic acids is 1. The summed E-state index contributed by atoms with van der Waals surface area (Å²) >= 11 is 0. The van der Waals surface area contributed by atoms with Crippen molar-refractivity contribution in [3.05, 3.63) is 47.2 Å². The van der Waals surface area contributed by atoms with Gasteiger partial charge in [-0.05, 0) is 51.3 Å². The normalized spacial score (nSPS) is 23.5. The van der Waals surface area contributed by atoms with E-state index in [-0.39, 0.29) is 18.1 Å². The standard InChI is InChI=1S/C19H24N2O3/c1-13-11-16(14(2)21(13)12-15-5-4-9-23-15)19(22)20-8-10-24-18-7-3-6-17(18)20/h4-5,9,11,17-18H,3,6-8,10,12H2,1-2H3/t17-,18+/m1/s1. The van der Waals surface area contributed by atoms with Gasteiger partial charge in [0.05, 0.1) is 37.1 Å². The van der Waals surface area contributed by atoms with Gasteiger partial charge in [-0.2, -0.15) is 0 Å². The topological polar surface area (TPSA) is 47.6 Å². The number of hydrogen-bond acceptors (Lipinski definition) is 3. The van der Waals surface area contributed by atoms with Gasteiger partial charge in [0.2, 0.25) is 0 Å². The molecule has 2 aromatic heterocycles. The molecule has 0 radical (unpaired) electrons. The van der Waals surface area contributed by atoms with Crippen molar-refractivity contribution < 1.29 is 13.9 Å². The highest BCUT2D eigenvalue weighted by atomic mass is 16.5. The van der Waals surface area contributed by atoms with Crippen LogP contribution in [0.25, 0.3) is 0 Å². The van der Waals surface area contributed by atoms with Gasteiger partial charge in [-0.3, -0.25) is 4.79 Å². The SMILES string of the molecule is Cc1cc(C(=O)N2CCO[C@H]3CCC[C@H]32)c(C)n1Cc1ccco1. The van der Waals surface area contributed by atoms with Crippen LogP contribution in [0.1, 0.15) is 46.8 Å². The van der Waals surface area contributed by atoms with E-state index in [1.165, 1.54) is 0 Å². The van der Waals surface area contributed by atoms with Crippen LogP contribution in [-0.2, 0) is 11.3 Å². The Labute approximate surface area is 142 Å². The van der Waals surface area contributed by atoms with Crippen LogP contribution in [0.15, 0.2) is 28.9 Å². The smallest absolute Gasteiger partial charge is 0.256 e. The molecule has 128 valence electrons. The number of fused-ring (bicyclic) bond motifs is 1. The first-order valence-corrected chi connectivity index (χ1v) is 8.77. The van der Waals surface area contributed by atoms with E-state index < -0.39 is 0 Å². The average molecular weight is 328 g/mol. The molecule has 0 N–H and O–H groups in total. The van der Waals surface area contributed by atoms with E-state index in [2.05, 4.69) is 4.57 Å². The summed E-state index contributed by atoms with van der Waals surface area (Å²) < 4.78 is 13.4. The predicted octanol–water partition coefficient (Wildman–Crippen LogP) is 3.14. The summed E-state index contributed by atoms with van der Waals surface area (Å²) in [5.41, 5.74) is 2.91. The third-order valence-electron chi connectivity index (χ3n) is 5.44. The second-order valence-electron chi connectivity index (χ2n) is 6.86. The Hall–Kier alpha value is -2.01. The lowest BCUT2D eigenvalue weighted by atomic mass is 10.1. The molecule has 2 fully saturated rings. The summed E-state index contributed by atoms with van der Waals surface area (Å²) in [5, 5.41) is 0. The fourth-order valence-electron chi connectivity index (χ4n) is 4.15. The Morgan fingerprint density at radius 2 is 2.21 bits per heavy atom. The predicted molar refractivity (Wildman–Crippen MR) is 90.1 cm³/mol. The van der Waals surface area contributed by atoms with Crippen LogP contribution in [0.3, 0.4) is 0 Å². The average Bonchev–Trinajstić information content (AvgIpc) is 3.30. The minimum Gasteiger partial charge on any atom is -0.467 e. The molecule has 2 atom stereocenters. The second kappa shape index (κ2) is 6.13. The van der Waals surface area contributed by atoms with E-state index in [0.717, 1.165) is 42.0 Å². The van der Waals surface area contributed by atoms with Crippen molar-refractivity contribution in [2.45, 2.75) is 51.8 Å². The Morgan fingerprint density at radius 1 is 1.33 bits per heavy atom. The number of carbonyl (C=O) groups is 1. The number of nitrogens with zero attached hydrogens (tertiary/aromatic N) is 2. The Morgan fingerprint density at radius 3 is 3.00 bits per heavy atom. The molecule has 0 spiro atoms. The molecule has 0 unspecified atom stereocenters. The number of ether oxygens (including phenoxy) is 1. The second-order valence-corrected chi connectivity index (χ2v) is 6.86. The van der Waals surface area contributed by atoms with E-state index in [0.29, 0.717) is 19.7 Å². The van der Waals surface area contributed by atoms with Gasteiger partial charge in [0, 0.05) is 17.9 Å². The Balaban J connectivity index is 1.60. The Kier molecular flexibility index (Phi) is 3.96. The molecule has 1 saturated heterocycles. The molecule has 5 heteroatoms. The first kappa shape index (κ1) is 15.5. The van der Waals surface area contributed by atoms with Crippen molar-refractivity contribution in [1.82, 2.24) is 9.47 Å². The van der Waals surface area contributed by atoms with Crippen molar-refractivity contribution >= 4 is 5.91 Å². The van der Waals surface area contributed by atoms with Crippen molar-refractivity contribution in [1.29, 1.82) is 0 Å². The molecule has 1 aliphatic carbocycles. The third-order valence-corrected chi connectivity index (χ3v) is 5.44. The summed E-state index contributed by atoms with van der Waals surface area (Å²) in [6.07, 6.45) is 5.20. The van der Waals surface area contributed by atoms with E-state index in [1.807, 2.05) is 36.9 Å². The number of aryl methyl sites for hydroxylation is 1. The van der Waals surface area contributed by atoms with Crippen LogP contribution < -0.4 is 0 Å². The number of rotatable bonds is 3. The first-order chi connectivity index (χ1) is 11.6. The first-order valence-electron chi connectivity index (χ1n) is 8.77. The number of hydrogen-bond donors (Lipinski definition) is 0. The molecule has 0 aromatic carbocycles. The zero-order chi connectivity index (χ0) is 16.7. The highest BCUT2D eigenvalue weighted by Crippen LogP contribution is 2.31. The molecular formula is C19H24N2O3. The van der Waals surface area contributed by atoms with Crippen LogP contribution in [-0.4, -0.2) is 40.7 Å². The lowest BCUT2D eigenvalue weighted by molar-refractivity contribution is -0.0445. The summed E-state index contributed by atoms with van der Waals surface area (Å²) in [5.74, 6) is 1.05. The van der Waals surface area contributed by atoms with E-state index in [1.54, 1.807) is 6.26 Å². The summed E-state index contributed by atoms with van der Waals surface area (Å²) in [4.78, 5) is 15.2. The van der Waals surface area contributed by atoms with E-state index >= 15 is 0 Å². The van der Waals surface area contributed by atoms with Crippen LogP contribution in [0.2, 0.25) is 0 Å². The van der Waals surface area contributed by atoms with Crippen LogP contribution in [0.4, 0.5) is 0 Å². The third kappa shape index (κ3) is 2.57.